The number of aryl methyl sites for hydroxylation is 2. The number of nitrogens with zero attached hydrogens (tertiary/aromatic N) is 1. The number of rotatable bonds is 8. The van der Waals surface area contributed by atoms with E-state index < -0.39 is 24.6 Å². The van der Waals surface area contributed by atoms with Gasteiger partial charge in [0, 0.05) is 46.1 Å². The van der Waals surface area contributed by atoms with Crippen molar-refractivity contribution in [2.24, 2.45) is 0 Å². The van der Waals surface area contributed by atoms with Crippen LogP contribution in [0, 0.1) is 5.82 Å². The van der Waals surface area contributed by atoms with Crippen molar-refractivity contribution in [1.82, 2.24) is 4.98 Å². The van der Waals surface area contributed by atoms with Gasteiger partial charge in [0.1, 0.15) is 10.6 Å². The molecule has 34 heavy (non-hydrogen) atoms. The maximum Gasteiger partial charge on any atom is 1.00 e. The molecule has 0 aliphatic heterocycles. The second-order valence-electron chi connectivity index (χ2n) is 9.00. The molecule has 0 amide bonds. The van der Waals surface area contributed by atoms with Crippen LogP contribution in [0.2, 0.25) is 0 Å². The monoisotopic (exact) mass is 489 g/mol. The van der Waals surface area contributed by atoms with Gasteiger partial charge < -0.3 is 20.1 Å². The normalized spacial score (nSPS) is 17.0. The molecule has 3 aromatic rings. The topological polar surface area (TPSA) is 93.5 Å². The average Bonchev–Trinajstić information content (AvgIpc) is 3.40. The van der Waals surface area contributed by atoms with Gasteiger partial charge in [-0.3, -0.25) is 0 Å². The van der Waals surface area contributed by atoms with Crippen molar-refractivity contribution in [2.45, 2.75) is 63.1 Å². The van der Waals surface area contributed by atoms with E-state index in [1.165, 1.54) is 22.6 Å². The Hall–Kier alpha value is -1.61. The molecule has 2 aromatic heterocycles. The van der Waals surface area contributed by atoms with E-state index in [9.17, 15) is 24.5 Å². The van der Waals surface area contributed by atoms with Crippen molar-refractivity contribution < 1.29 is 54.1 Å². The molecule has 0 spiro atoms. The SMILES string of the molecule is O=C([O-])CC(O)CC(O)/C=C/c1c(C2CC2)nc2sc3c(c2c1-c1ccc(F)cc1)CCC3.[Na+]. The summed E-state index contributed by atoms with van der Waals surface area (Å²) in [5, 5.41) is 32.1. The zero-order chi connectivity index (χ0) is 23.1. The van der Waals surface area contributed by atoms with Crippen LogP contribution in [0.25, 0.3) is 27.4 Å². The number of aromatic nitrogens is 1. The second-order valence-corrected chi connectivity index (χ2v) is 10.1. The molecule has 0 radical (unpaired) electrons. The standard InChI is InChI=1S/C26H26FNO4S.Na/c27-16-8-6-14(7-9-16)23-20(11-10-17(29)12-18(30)13-22(31)32)25(15-4-5-15)28-26-24(23)19-2-1-3-21(19)33-26;/h6-11,15,17-18,29-30H,1-5,12-13H2,(H,31,32);/q;+1/p-1/b11-10+;. The van der Waals surface area contributed by atoms with E-state index in [1.807, 2.05) is 6.08 Å². The maximum absolute atomic E-state index is 13.7. The number of halogens is 1. The van der Waals surface area contributed by atoms with Crippen molar-refractivity contribution >= 4 is 33.6 Å². The third-order valence-corrected chi connectivity index (χ3v) is 7.60. The van der Waals surface area contributed by atoms with E-state index in [-0.39, 0.29) is 41.8 Å². The van der Waals surface area contributed by atoms with Gasteiger partial charge in [0.05, 0.1) is 17.9 Å². The van der Waals surface area contributed by atoms with Crippen molar-refractivity contribution in [1.29, 1.82) is 0 Å². The predicted molar refractivity (Wildman–Crippen MR) is 124 cm³/mol. The summed E-state index contributed by atoms with van der Waals surface area (Å²) in [6.07, 6.45) is 5.89. The van der Waals surface area contributed by atoms with Gasteiger partial charge in [-0.1, -0.05) is 24.3 Å². The molecule has 2 aliphatic rings. The molecule has 2 atom stereocenters. The minimum atomic E-state index is -1.35. The van der Waals surface area contributed by atoms with E-state index in [1.54, 1.807) is 29.5 Å². The van der Waals surface area contributed by atoms with Gasteiger partial charge in [-0.15, -0.1) is 11.3 Å². The van der Waals surface area contributed by atoms with Gasteiger partial charge in [0.15, 0.2) is 0 Å². The Morgan fingerprint density at radius 3 is 2.65 bits per heavy atom. The molecule has 1 saturated carbocycles. The minimum Gasteiger partial charge on any atom is -0.550 e. The number of carboxylic acid groups (broad SMARTS) is 1. The number of hydrogen-bond acceptors (Lipinski definition) is 6. The van der Waals surface area contributed by atoms with Gasteiger partial charge in [-0.05, 0) is 55.4 Å². The number of carboxylic acids is 1. The molecule has 1 aromatic carbocycles. The van der Waals surface area contributed by atoms with Gasteiger partial charge >= 0.3 is 29.6 Å². The molecular weight excluding hydrogens is 464 g/mol. The molecule has 0 bridgehead atoms. The largest absolute Gasteiger partial charge is 1.00 e. The zero-order valence-corrected chi connectivity index (χ0v) is 21.9. The number of pyridine rings is 1. The maximum atomic E-state index is 13.7. The van der Waals surface area contributed by atoms with E-state index >= 15 is 0 Å². The molecule has 172 valence electrons. The number of hydrogen-bond donors (Lipinski definition) is 2. The average molecular weight is 490 g/mol. The Kier molecular flexibility index (Phi) is 7.92. The number of aliphatic hydroxyl groups is 2. The van der Waals surface area contributed by atoms with E-state index in [0.717, 1.165) is 64.7 Å². The molecule has 2 unspecified atom stereocenters. The summed E-state index contributed by atoms with van der Waals surface area (Å²) in [5.74, 6) is -1.29. The molecule has 2 heterocycles. The Morgan fingerprint density at radius 2 is 1.97 bits per heavy atom. The third kappa shape index (κ3) is 5.30. The summed E-state index contributed by atoms with van der Waals surface area (Å²) in [7, 11) is 0. The predicted octanol–water partition coefficient (Wildman–Crippen LogP) is 0.738. The van der Waals surface area contributed by atoms with Crippen LogP contribution in [0.15, 0.2) is 30.3 Å². The van der Waals surface area contributed by atoms with Crippen molar-refractivity contribution in [2.75, 3.05) is 0 Å². The van der Waals surface area contributed by atoms with Crippen LogP contribution in [-0.4, -0.2) is 33.4 Å². The van der Waals surface area contributed by atoms with E-state index in [0.29, 0.717) is 5.92 Å². The summed E-state index contributed by atoms with van der Waals surface area (Å²) in [6, 6.07) is 6.50. The first kappa shape index (κ1) is 25.5. The van der Waals surface area contributed by atoms with Crippen molar-refractivity contribution in [3.05, 3.63) is 57.9 Å². The Bertz CT molecular complexity index is 1240. The summed E-state index contributed by atoms with van der Waals surface area (Å²) >= 11 is 1.75. The Labute approximate surface area is 223 Å². The fraction of sp³-hybridized carbons (Fsp3) is 0.385. The number of carbonyl (C=O) groups is 1. The molecule has 8 heteroatoms. The van der Waals surface area contributed by atoms with Crippen LogP contribution in [0.4, 0.5) is 4.39 Å². The Balaban J connectivity index is 0.00000274. The smallest absolute Gasteiger partial charge is 0.550 e. The van der Waals surface area contributed by atoms with Crippen LogP contribution >= 0.6 is 11.3 Å². The zero-order valence-electron chi connectivity index (χ0n) is 19.1. The van der Waals surface area contributed by atoms with Gasteiger partial charge in [0.2, 0.25) is 0 Å². The van der Waals surface area contributed by atoms with Crippen molar-refractivity contribution in [3.8, 4) is 11.1 Å². The van der Waals surface area contributed by atoms with Crippen LogP contribution in [-0.2, 0) is 17.6 Å². The first-order valence-electron chi connectivity index (χ1n) is 11.4. The van der Waals surface area contributed by atoms with Crippen LogP contribution in [0.3, 0.4) is 0 Å². The quantitative estimate of drug-likeness (QED) is 0.456. The molecule has 5 rings (SSSR count). The summed E-state index contributed by atoms with van der Waals surface area (Å²) in [5.41, 5.74) is 5.14. The van der Waals surface area contributed by atoms with E-state index in [2.05, 4.69) is 0 Å². The van der Waals surface area contributed by atoms with E-state index in [4.69, 9.17) is 4.98 Å². The van der Waals surface area contributed by atoms with Gasteiger partial charge in [-0.2, -0.15) is 0 Å². The summed E-state index contributed by atoms with van der Waals surface area (Å²) < 4.78 is 13.7. The summed E-state index contributed by atoms with van der Waals surface area (Å²) in [4.78, 5) is 18.2. The summed E-state index contributed by atoms with van der Waals surface area (Å²) in [6.45, 7) is 0. The Morgan fingerprint density at radius 1 is 1.24 bits per heavy atom. The minimum absolute atomic E-state index is 0. The molecule has 5 nitrogen and oxygen atoms in total. The molecule has 0 saturated heterocycles. The molecule has 2 N–H and O–H groups in total. The molecular formula is C26H25FNNaO4S. The number of aliphatic carboxylic acids is 1. The number of carbonyl (C=O) groups excluding carboxylic acids is 1. The number of benzene rings is 1. The first-order valence-corrected chi connectivity index (χ1v) is 12.2. The fourth-order valence-corrected chi connectivity index (χ4v) is 6.03. The number of fused-ring (bicyclic) bond motifs is 3. The van der Waals surface area contributed by atoms with Crippen LogP contribution < -0.4 is 34.7 Å². The van der Waals surface area contributed by atoms with Gasteiger partial charge in [-0.25, -0.2) is 9.37 Å². The third-order valence-electron chi connectivity index (χ3n) is 6.42. The second kappa shape index (κ2) is 10.6. The van der Waals surface area contributed by atoms with Crippen molar-refractivity contribution in [3.63, 3.8) is 0 Å². The fourth-order valence-electron chi connectivity index (χ4n) is 4.75. The van der Waals surface area contributed by atoms with Gasteiger partial charge in [0.25, 0.3) is 0 Å². The molecule has 1 fully saturated rings. The molecule has 2 aliphatic carbocycles. The number of aliphatic hydroxyl groups excluding tert-OH is 2. The van der Waals surface area contributed by atoms with Crippen LogP contribution in [0.1, 0.15) is 59.7 Å². The van der Waals surface area contributed by atoms with Crippen LogP contribution in [0.5, 0.6) is 0 Å². The first-order chi connectivity index (χ1) is 15.9. The number of thiophene rings is 1.